The van der Waals surface area contributed by atoms with E-state index in [4.69, 9.17) is 42.7 Å². The summed E-state index contributed by atoms with van der Waals surface area (Å²) in [6, 6.07) is 2.03. The second kappa shape index (κ2) is 44.3. The molecular formula is C72H108N25NiO15P. The molecule has 8 aromatic heterocycles. The molecule has 4 saturated heterocycles. The normalized spacial score (nSPS) is 21.8. The molecule has 114 heavy (non-hydrogen) atoms. The molecule has 0 spiro atoms. The molecule has 4 aliphatic heterocycles. The summed E-state index contributed by atoms with van der Waals surface area (Å²) in [6.07, 6.45) is 15.9. The number of esters is 2. The quantitative estimate of drug-likeness (QED) is 0.0130. The first-order chi connectivity index (χ1) is 53.9. The molecule has 4 fully saturated rings. The van der Waals surface area contributed by atoms with E-state index in [2.05, 4.69) is 92.5 Å². The number of fused-ring (bicyclic) bond motifs is 4. The Morgan fingerprint density at radius 3 is 1.35 bits per heavy atom. The third-order valence-corrected chi connectivity index (χ3v) is 18.0. The topological polar surface area (TPSA) is 436 Å². The van der Waals surface area contributed by atoms with E-state index >= 15 is 0 Å². The molecule has 12 heterocycles. The summed E-state index contributed by atoms with van der Waals surface area (Å²) >= 11 is 0. The second-order valence-electron chi connectivity index (χ2n) is 27.5. The molecule has 0 aliphatic carbocycles. The van der Waals surface area contributed by atoms with E-state index in [-0.39, 0.29) is 138 Å². The van der Waals surface area contributed by atoms with Crippen LogP contribution in [0.3, 0.4) is 0 Å². The van der Waals surface area contributed by atoms with Crippen LogP contribution in [0.2, 0.25) is 0 Å². The zero-order valence-corrected chi connectivity index (χ0v) is 70.1. The third kappa shape index (κ3) is 24.2. The number of hydrogen-bond acceptors (Lipinski definition) is 28. The van der Waals surface area contributed by atoms with Crippen molar-refractivity contribution in [1.82, 2.24) is 96.4 Å². The van der Waals surface area contributed by atoms with Crippen LogP contribution in [0.5, 0.6) is 0 Å². The predicted molar refractivity (Wildman–Crippen MR) is 427 cm³/mol. The number of hydrogen-bond donors (Lipinski definition) is 2. The van der Waals surface area contributed by atoms with Crippen LogP contribution in [-0.4, -0.2) is 251 Å². The molecule has 12 rings (SSSR count). The van der Waals surface area contributed by atoms with Crippen molar-refractivity contribution < 1.29 is 68.7 Å². The van der Waals surface area contributed by atoms with Crippen LogP contribution in [0.1, 0.15) is 145 Å². The van der Waals surface area contributed by atoms with Crippen LogP contribution in [0.15, 0.2) is 64.5 Å². The Kier molecular flexibility index (Phi) is 36.2. The number of nitrogens with one attached hydrogen (secondary N) is 1. The summed E-state index contributed by atoms with van der Waals surface area (Å²) in [4.78, 5) is 134. The fraction of sp³-hybridized carbons (Fsp3) is 0.597. The Morgan fingerprint density at radius 2 is 0.956 bits per heavy atom. The molecule has 0 radical (unpaired) electrons. The minimum absolute atomic E-state index is 0. The number of aliphatic hydroxyl groups excluding tert-OH is 1. The molecule has 4 aliphatic rings. The van der Waals surface area contributed by atoms with Crippen molar-refractivity contribution in [3.63, 3.8) is 0 Å². The van der Waals surface area contributed by atoms with Crippen molar-refractivity contribution in [2.45, 2.75) is 187 Å². The molecular weight excluding hydrogens is 1540 g/mol. The molecule has 0 bridgehead atoms. The van der Waals surface area contributed by atoms with E-state index in [9.17, 15) is 33.9 Å². The largest absolute Gasteiger partial charge is 2.00 e. The Labute approximate surface area is 672 Å². The molecule has 42 heteroatoms. The van der Waals surface area contributed by atoms with Crippen LogP contribution >= 0.6 is 9.03 Å². The van der Waals surface area contributed by atoms with Gasteiger partial charge in [-0.05, 0) is 31.6 Å². The summed E-state index contributed by atoms with van der Waals surface area (Å²) in [6.45, 7) is 22.1. The fourth-order valence-electron chi connectivity index (χ4n) is 11.9. The molecule has 0 saturated carbocycles. The van der Waals surface area contributed by atoms with Gasteiger partial charge in [-0.1, -0.05) is 41.5 Å². The van der Waals surface area contributed by atoms with Gasteiger partial charge in [0.25, 0.3) is 22.2 Å². The number of carbonyl (C=O) groups is 2. The molecule has 0 aromatic carbocycles. The number of aliphatic hydroxyl groups is 1. The molecule has 626 valence electrons. The first-order valence-electron chi connectivity index (χ1n) is 37.1. The number of rotatable bonds is 23. The summed E-state index contributed by atoms with van der Waals surface area (Å²) in [7, 11) is 19.4. The Morgan fingerprint density at radius 1 is 0.579 bits per heavy atom. The van der Waals surface area contributed by atoms with Gasteiger partial charge in [0.2, 0.25) is 23.8 Å². The van der Waals surface area contributed by atoms with Gasteiger partial charge in [-0.3, -0.25) is 65.7 Å². The van der Waals surface area contributed by atoms with E-state index < -0.39 is 42.0 Å². The van der Waals surface area contributed by atoms with Crippen LogP contribution in [0.4, 0.5) is 23.8 Å². The Balaban J connectivity index is 0.000000231. The van der Waals surface area contributed by atoms with E-state index in [1.165, 1.54) is 46.5 Å². The number of H-pyrrole nitrogens is 1. The number of nitriles is 1. The van der Waals surface area contributed by atoms with E-state index in [1.54, 1.807) is 100 Å². The smallest absolute Gasteiger partial charge is 0.463 e. The summed E-state index contributed by atoms with van der Waals surface area (Å²) in [5.41, 5.74) is 1.47. The number of carbonyl (C=O) groups excluding carboxylic acids is 2. The van der Waals surface area contributed by atoms with Gasteiger partial charge >= 0.3 is 28.4 Å². The third-order valence-electron chi connectivity index (χ3n) is 17.3. The molecule has 0 amide bonds. The maximum atomic E-state index is 12.7. The van der Waals surface area contributed by atoms with Gasteiger partial charge in [-0.2, -0.15) is 38.0 Å². The number of ether oxygens (including phenoxy) is 6. The van der Waals surface area contributed by atoms with E-state index in [1.807, 2.05) is 80.6 Å². The minimum Gasteiger partial charge on any atom is -0.463 e. The van der Waals surface area contributed by atoms with Crippen molar-refractivity contribution in [3.8, 4) is 6.07 Å². The van der Waals surface area contributed by atoms with Crippen LogP contribution in [0, 0.1) is 31.1 Å². The standard InChI is InChI=1S/C18H26N7O4P.C17H22N6O6.C16H24N6O2.C15H22N6O3.2C3H7.Ni/c1-5-12-13(29-30-27-8-6-7-19)9-14(28-12)25-11-20-15-16(25)22-18(21-10-23(2)3)24(4)17(15)26;1-9(24)27-6-12-11(28-10(2)25)5-13(29-12)23-8-18-14-15(23)20-17(21-16(14)26)19-7-22(3)4;1-6-11-10(2)7-12(24-11)22-9-17-13-14(22)19-16(18-8-20(3)4)21(5)15(13)23;1-5-10-9(22)6-11(24-10)21-8-16-12-13(21)18-15(17-7-19(2)3)20(4)14(12)23;2*1-3-2;/h10-14,30H,5-6,8-9H2,1-4H3;7-8,11-13H,5-6H2,1-4H3,(H,20,21,26);8-12H,6-7H2,1-5H3;7-11,22H,5-6H2,1-4H3;2*1,3H2,2H3;/q;;;;2*-1;+2/t12-,13-,14-;11-,12-,13-;10-,11-,12-;9-,10-,11-;;;/m1111.../s1. The molecule has 8 aromatic rings. The minimum atomic E-state index is -0.654. The van der Waals surface area contributed by atoms with Crippen LogP contribution < -0.4 is 22.2 Å². The van der Waals surface area contributed by atoms with Crippen molar-refractivity contribution in [1.29, 1.82) is 5.26 Å². The van der Waals surface area contributed by atoms with Crippen molar-refractivity contribution in [3.05, 3.63) is 80.6 Å². The van der Waals surface area contributed by atoms with Gasteiger partial charge < -0.3 is 76.0 Å². The molecule has 40 nitrogen and oxygen atoms in total. The molecule has 1 unspecified atom stereocenters. The molecule has 13 atom stereocenters. The Bertz CT molecular complexity index is 4740. The van der Waals surface area contributed by atoms with Crippen molar-refractivity contribution in [2.24, 2.45) is 47.0 Å². The van der Waals surface area contributed by atoms with Gasteiger partial charge in [-0.25, -0.2) is 39.9 Å². The fourth-order valence-corrected chi connectivity index (χ4v) is 12.5. The maximum absolute atomic E-state index is 12.7. The summed E-state index contributed by atoms with van der Waals surface area (Å²) in [5, 5.41) is 18.6. The number of aromatic amines is 1. The zero-order chi connectivity index (χ0) is 83.1. The summed E-state index contributed by atoms with van der Waals surface area (Å²) in [5.74, 6) is 0.558. The number of aromatic nitrogens is 16. The number of aliphatic imine (C=N–C) groups is 4. The maximum Gasteiger partial charge on any atom is 2.00 e. The zero-order valence-electron chi connectivity index (χ0n) is 68.2. The van der Waals surface area contributed by atoms with E-state index in [0.29, 0.717) is 60.2 Å². The summed E-state index contributed by atoms with van der Waals surface area (Å²) < 4.78 is 56.6. The van der Waals surface area contributed by atoms with Crippen LogP contribution in [0.25, 0.3) is 44.7 Å². The number of imidazole rings is 4. The second-order valence-corrected chi connectivity index (χ2v) is 28.2. The van der Waals surface area contributed by atoms with Gasteiger partial charge in [0.05, 0.1) is 100 Å². The van der Waals surface area contributed by atoms with Crippen molar-refractivity contribution >= 4 is 115 Å². The predicted octanol–water partition coefficient (Wildman–Crippen LogP) is 6.55. The van der Waals surface area contributed by atoms with E-state index in [0.717, 1.165) is 38.5 Å². The van der Waals surface area contributed by atoms with Gasteiger partial charge in [-0.15, -0.1) is 0 Å². The van der Waals surface area contributed by atoms with Gasteiger partial charge in [0.15, 0.2) is 53.7 Å². The average Bonchev–Trinajstić information content (AvgIpc) is 1.63. The number of nitrogens with zero attached hydrogens (tertiary/aromatic N) is 24. The monoisotopic (exact) mass is 1650 g/mol. The van der Waals surface area contributed by atoms with Crippen molar-refractivity contribution in [2.75, 3.05) is 69.6 Å². The first kappa shape index (κ1) is 93.2. The Hall–Kier alpha value is -9.65. The van der Waals surface area contributed by atoms with Crippen LogP contribution in [-0.2, 0) is 84.7 Å². The molecule has 2 N–H and O–H groups in total. The van der Waals surface area contributed by atoms with Gasteiger partial charge in [0, 0.05) is 111 Å². The first-order valence-corrected chi connectivity index (χ1v) is 37.9. The van der Waals surface area contributed by atoms with Gasteiger partial charge in [0.1, 0.15) is 43.7 Å². The SMILES string of the molecule is CC(=O)OC[C@H]1O[C@@H](n2cnc3c(=O)[nH]c(N=CN(C)C)nc32)C[C@H]1OC(C)=O.CC[C@H]1O[C@@H](n2cnc3c(=O)n(C)c(N=CN(C)C)nc32)C[C@H]1C.CC[C@H]1O[C@@H](n2cnc3c(=O)n(C)c(N=CN(C)C)nc32)C[C@H]1O.CC[C@H]1O[C@@H](n2cnc3c(=O)n(C)c(N=CN(C)C)nc32)C[C@H]1OPOCCC#N.[CH2-]CC.[CH2-]CC.[Ni+2]. The average molecular weight is 1650 g/mol.